The number of nitrogens with zero attached hydrogens (tertiary/aromatic N) is 1. The van der Waals surface area contributed by atoms with Crippen LogP contribution in [0.2, 0.25) is 0 Å². The molecule has 88 valence electrons. The van der Waals surface area contributed by atoms with E-state index in [1.165, 1.54) is 25.9 Å². The maximum atomic E-state index is 4.03. The van der Waals surface area contributed by atoms with Crippen LogP contribution >= 0.6 is 11.3 Å². The number of allylic oxidation sites excluding steroid dienone is 1. The van der Waals surface area contributed by atoms with Crippen molar-refractivity contribution in [3.63, 3.8) is 0 Å². The number of aromatic nitrogens is 1. The summed E-state index contributed by atoms with van der Waals surface area (Å²) in [6.45, 7) is 6.32. The van der Waals surface area contributed by atoms with Crippen molar-refractivity contribution in [2.24, 2.45) is 0 Å². The molecule has 0 aliphatic carbocycles. The summed E-state index contributed by atoms with van der Waals surface area (Å²) in [6.07, 6.45) is 4.26. The number of thiophene rings is 1. The summed E-state index contributed by atoms with van der Waals surface area (Å²) >= 11 is 1.89. The first-order chi connectivity index (χ1) is 8.81. The predicted octanol–water partition coefficient (Wildman–Crippen LogP) is 4.19. The van der Waals surface area contributed by atoms with Crippen LogP contribution in [0.5, 0.6) is 0 Å². The fourth-order valence-electron chi connectivity index (χ4n) is 3.21. The lowest BCUT2D eigenvalue weighted by Crippen LogP contribution is -2.43. The molecule has 1 aliphatic rings. The molecule has 4 rings (SSSR count). The van der Waals surface area contributed by atoms with E-state index in [2.05, 4.69) is 60.7 Å². The highest BCUT2D eigenvalue weighted by Gasteiger charge is 2.34. The Labute approximate surface area is 110 Å². The highest BCUT2D eigenvalue weighted by molar-refractivity contribution is 7.25. The molecule has 1 aliphatic heterocycles. The Morgan fingerprint density at radius 2 is 2.06 bits per heavy atom. The summed E-state index contributed by atoms with van der Waals surface area (Å²) in [7, 11) is 0. The largest absolute Gasteiger partial charge is 0.232 e. The third-order valence-electron chi connectivity index (χ3n) is 4.07. The van der Waals surface area contributed by atoms with Gasteiger partial charge in [0.05, 0.1) is 5.39 Å². The summed E-state index contributed by atoms with van der Waals surface area (Å²) in [5, 5.41) is 1.45. The van der Waals surface area contributed by atoms with Gasteiger partial charge in [-0.15, -0.1) is 11.3 Å². The van der Waals surface area contributed by atoms with E-state index in [0.29, 0.717) is 12.0 Å². The monoisotopic (exact) mass is 252 g/mol. The number of benzene rings is 1. The van der Waals surface area contributed by atoms with Crippen molar-refractivity contribution < 1.29 is 4.57 Å². The van der Waals surface area contributed by atoms with E-state index in [-0.39, 0.29) is 0 Å². The quantitative estimate of drug-likeness (QED) is 0.452. The number of rotatable bonds is 1. The zero-order valence-electron chi connectivity index (χ0n) is 10.3. The van der Waals surface area contributed by atoms with Gasteiger partial charge in [0.2, 0.25) is 5.52 Å². The van der Waals surface area contributed by atoms with Gasteiger partial charge in [-0.2, -0.15) is 4.57 Å². The van der Waals surface area contributed by atoms with Crippen molar-refractivity contribution >= 4 is 31.6 Å². The van der Waals surface area contributed by atoms with E-state index < -0.39 is 0 Å². The van der Waals surface area contributed by atoms with Crippen molar-refractivity contribution in [1.29, 1.82) is 0 Å². The average molecular weight is 252 g/mol. The van der Waals surface area contributed by atoms with Crippen molar-refractivity contribution in [2.45, 2.75) is 18.9 Å². The number of hydrogen-bond acceptors (Lipinski definition) is 1. The number of hydrogen-bond donors (Lipinski definition) is 0. The van der Waals surface area contributed by atoms with Crippen LogP contribution in [0.15, 0.2) is 49.2 Å². The first kappa shape index (κ1) is 10.3. The first-order valence-electron chi connectivity index (χ1n) is 6.29. The Morgan fingerprint density at radius 1 is 1.22 bits per heavy atom. The topological polar surface area (TPSA) is 3.88 Å². The zero-order chi connectivity index (χ0) is 12.3. The van der Waals surface area contributed by atoms with Crippen LogP contribution in [0.3, 0.4) is 0 Å². The lowest BCUT2D eigenvalue weighted by atomic mass is 9.87. The van der Waals surface area contributed by atoms with Crippen LogP contribution in [0, 0.1) is 0 Å². The highest BCUT2D eigenvalue weighted by Crippen LogP contribution is 2.42. The fourth-order valence-corrected chi connectivity index (χ4v) is 4.36. The molecule has 0 fully saturated rings. The highest BCUT2D eigenvalue weighted by atomic mass is 32.1. The Bertz CT molecular complexity index is 784. The molecule has 0 amide bonds. The Hall–Kier alpha value is -1.67. The summed E-state index contributed by atoms with van der Waals surface area (Å²) < 4.78 is 5.16. The predicted molar refractivity (Wildman–Crippen MR) is 77.2 cm³/mol. The maximum absolute atomic E-state index is 4.03. The molecule has 0 bridgehead atoms. The van der Waals surface area contributed by atoms with E-state index in [0.717, 1.165) is 0 Å². The fraction of sp³-hybridized carbons (Fsp3) is 0.188. The Balaban J connectivity index is 2.32. The van der Waals surface area contributed by atoms with Crippen molar-refractivity contribution in [1.82, 2.24) is 0 Å². The van der Waals surface area contributed by atoms with Gasteiger partial charge in [-0.1, -0.05) is 25.6 Å². The molecule has 0 spiro atoms. The molecule has 2 heteroatoms. The third kappa shape index (κ3) is 1.09. The average Bonchev–Trinajstić information content (AvgIpc) is 2.77. The molecular formula is C16H14NS+. The summed E-state index contributed by atoms with van der Waals surface area (Å²) in [4.78, 5) is 0. The zero-order valence-corrected chi connectivity index (χ0v) is 11.1. The second kappa shape index (κ2) is 3.42. The second-order valence-electron chi connectivity index (χ2n) is 4.97. The van der Waals surface area contributed by atoms with Gasteiger partial charge in [0.15, 0.2) is 12.2 Å². The van der Waals surface area contributed by atoms with Crippen LogP contribution in [-0.2, 0) is 0 Å². The Kier molecular flexibility index (Phi) is 1.95. The van der Waals surface area contributed by atoms with Gasteiger partial charge in [-0.3, -0.25) is 0 Å². The molecule has 0 saturated carbocycles. The van der Waals surface area contributed by atoms with Crippen LogP contribution in [-0.4, -0.2) is 0 Å². The lowest BCUT2D eigenvalue weighted by Gasteiger charge is -2.22. The van der Waals surface area contributed by atoms with Crippen molar-refractivity contribution in [3.05, 3.63) is 54.7 Å². The molecule has 2 aromatic heterocycles. The lowest BCUT2D eigenvalue weighted by molar-refractivity contribution is -0.690. The molecule has 2 unspecified atom stereocenters. The van der Waals surface area contributed by atoms with Gasteiger partial charge >= 0.3 is 0 Å². The van der Waals surface area contributed by atoms with Gasteiger partial charge in [0, 0.05) is 16.7 Å². The van der Waals surface area contributed by atoms with Gasteiger partial charge < -0.3 is 0 Å². The normalized spacial score (nSPS) is 21.8. The first-order valence-corrected chi connectivity index (χ1v) is 7.11. The van der Waals surface area contributed by atoms with E-state index in [1.807, 2.05) is 11.3 Å². The summed E-state index contributed by atoms with van der Waals surface area (Å²) in [5.74, 6) is 0.490. The Morgan fingerprint density at radius 3 is 2.89 bits per heavy atom. The van der Waals surface area contributed by atoms with Gasteiger partial charge in [0.25, 0.3) is 0 Å². The van der Waals surface area contributed by atoms with Gasteiger partial charge in [-0.25, -0.2) is 0 Å². The standard InChI is InChI=1S/C16H14NS/c1-3-12-10(2)11-6-4-7-13-15(11)16-14(18-13)8-5-9-17(12)16/h3-10,12H,1H2,2H3/q+1. The molecule has 18 heavy (non-hydrogen) atoms. The molecule has 1 aromatic carbocycles. The molecule has 0 radical (unpaired) electrons. The van der Waals surface area contributed by atoms with Crippen LogP contribution in [0.4, 0.5) is 0 Å². The molecule has 0 N–H and O–H groups in total. The van der Waals surface area contributed by atoms with Crippen LogP contribution in [0.1, 0.15) is 24.4 Å². The minimum absolute atomic E-state index is 0.362. The minimum Gasteiger partial charge on any atom is -0.190 e. The molecule has 2 atom stereocenters. The molecule has 0 saturated heterocycles. The number of pyridine rings is 1. The van der Waals surface area contributed by atoms with Crippen LogP contribution in [0.25, 0.3) is 20.3 Å². The molecular weight excluding hydrogens is 238 g/mol. The third-order valence-corrected chi connectivity index (χ3v) is 5.18. The second-order valence-corrected chi connectivity index (χ2v) is 6.05. The minimum atomic E-state index is 0.362. The van der Waals surface area contributed by atoms with Gasteiger partial charge in [0.1, 0.15) is 4.70 Å². The molecule has 1 nitrogen and oxygen atoms in total. The van der Waals surface area contributed by atoms with E-state index in [9.17, 15) is 0 Å². The van der Waals surface area contributed by atoms with E-state index in [1.54, 1.807) is 0 Å². The van der Waals surface area contributed by atoms with Crippen molar-refractivity contribution in [3.8, 4) is 0 Å². The van der Waals surface area contributed by atoms with Crippen LogP contribution < -0.4 is 4.57 Å². The summed E-state index contributed by atoms with van der Waals surface area (Å²) in [5.41, 5.74) is 2.85. The molecule has 3 aromatic rings. The smallest absolute Gasteiger partial charge is 0.190 e. The summed E-state index contributed by atoms with van der Waals surface area (Å²) in [6, 6.07) is 11.4. The van der Waals surface area contributed by atoms with E-state index in [4.69, 9.17) is 0 Å². The maximum Gasteiger partial charge on any atom is 0.232 e. The van der Waals surface area contributed by atoms with E-state index >= 15 is 0 Å². The van der Waals surface area contributed by atoms with Gasteiger partial charge in [-0.05, 0) is 23.8 Å². The molecule has 3 heterocycles. The SMILES string of the molecule is C=CC1C(C)c2cccc3sc4ccc[n+]1c4c23. The van der Waals surface area contributed by atoms with Crippen molar-refractivity contribution in [2.75, 3.05) is 0 Å².